The highest BCUT2D eigenvalue weighted by Gasteiger charge is 2.54. The molecular formula is C25H27N8O6S3+. The van der Waals surface area contributed by atoms with Crippen molar-refractivity contribution in [1.82, 2.24) is 24.9 Å². The molecule has 3 aromatic heterocycles. The maximum atomic E-state index is 13.2. The van der Waals surface area contributed by atoms with Crippen LogP contribution in [0.1, 0.15) is 12.6 Å². The summed E-state index contributed by atoms with van der Waals surface area (Å²) in [7, 11) is 0. The maximum Gasteiger partial charge on any atom is 0.352 e. The molecule has 5 rings (SSSR count). The third-order valence-corrected chi connectivity index (χ3v) is 9.45. The molecular weight excluding hydrogens is 605 g/mol. The quantitative estimate of drug-likeness (QED) is 0.0389. The lowest BCUT2D eigenvalue weighted by molar-refractivity contribution is -0.662. The fraction of sp³-hybridized carbons (Fsp3) is 0.320. The molecule has 0 saturated carbocycles. The fourth-order valence-electron chi connectivity index (χ4n) is 4.57. The summed E-state index contributed by atoms with van der Waals surface area (Å²) in [4.78, 5) is 59.6. The van der Waals surface area contributed by atoms with E-state index in [1.165, 1.54) is 16.7 Å². The summed E-state index contributed by atoms with van der Waals surface area (Å²) in [5, 5.41) is 21.5. The van der Waals surface area contributed by atoms with Crippen LogP contribution in [-0.2, 0) is 30.6 Å². The van der Waals surface area contributed by atoms with Crippen LogP contribution in [-0.4, -0.2) is 85.4 Å². The van der Waals surface area contributed by atoms with Gasteiger partial charge in [0.05, 0.1) is 0 Å². The van der Waals surface area contributed by atoms with Gasteiger partial charge >= 0.3 is 5.97 Å². The Balaban J connectivity index is 1.34. The summed E-state index contributed by atoms with van der Waals surface area (Å²) in [6.45, 7) is 2.72. The van der Waals surface area contributed by atoms with Crippen LogP contribution in [0.3, 0.4) is 0 Å². The molecule has 3 amide bonds. The Bertz CT molecular complexity index is 1600. The number of β-lactam (4-membered cyclic amide) rings is 1. The van der Waals surface area contributed by atoms with Gasteiger partial charge in [-0.05, 0) is 19.1 Å². The van der Waals surface area contributed by atoms with Crippen LogP contribution in [0.5, 0.6) is 0 Å². The monoisotopic (exact) mass is 631 g/mol. The number of carboxylic acids is 1. The number of aliphatic carboxylic acids is 1. The summed E-state index contributed by atoms with van der Waals surface area (Å²) in [6, 6.07) is 4.85. The van der Waals surface area contributed by atoms with Gasteiger partial charge in [-0.3, -0.25) is 19.3 Å². The Morgan fingerprint density at radius 1 is 1.40 bits per heavy atom. The molecule has 3 aromatic rings. The summed E-state index contributed by atoms with van der Waals surface area (Å²) >= 11 is 4.09. The van der Waals surface area contributed by atoms with Gasteiger partial charge in [-0.25, -0.2) is 14.3 Å². The number of pyridine rings is 1. The molecule has 5 heterocycles. The molecule has 0 aliphatic carbocycles. The molecule has 220 valence electrons. The van der Waals surface area contributed by atoms with E-state index in [4.69, 9.17) is 10.6 Å². The van der Waals surface area contributed by atoms with Gasteiger partial charge in [0.1, 0.15) is 48.4 Å². The van der Waals surface area contributed by atoms with Crippen LogP contribution >= 0.6 is 34.9 Å². The summed E-state index contributed by atoms with van der Waals surface area (Å²) < 4.78 is 3.91. The highest BCUT2D eigenvalue weighted by molar-refractivity contribution is 8.00. The minimum absolute atomic E-state index is 0.0814. The third-order valence-electron chi connectivity index (χ3n) is 6.40. The second-order valence-electron chi connectivity index (χ2n) is 8.99. The van der Waals surface area contributed by atoms with Gasteiger partial charge in [0, 0.05) is 35.1 Å². The molecule has 0 unspecified atom stereocenters. The van der Waals surface area contributed by atoms with Crippen LogP contribution in [0.4, 0.5) is 5.13 Å². The Hall–Kier alpha value is -4.09. The zero-order valence-electron chi connectivity index (χ0n) is 22.3. The average Bonchev–Trinajstić information content (AvgIpc) is 3.60. The van der Waals surface area contributed by atoms with Crippen molar-refractivity contribution in [3.8, 4) is 0 Å². The second-order valence-corrected chi connectivity index (χ2v) is 12.1. The standard InChI is InChI=1S/C25H26N8O6S3/c1-2-39-30-18(15-12-42-25(26)28-15)21(35)29-19-22(36)33-20(24(37)38)14(11-41-23(19)33)10-31-7-8-32-16(31)4-3-5-17(32)40-9-6-27-13-34/h3-5,7-8,12-13,19,23H,2,6,9-11H2,1H3,(H4-,26,27,28,29,34,35,37,38)/p+1/b30-18-/t19-,23+/m1/s1. The van der Waals surface area contributed by atoms with Gasteiger partial charge in [0.25, 0.3) is 17.5 Å². The highest BCUT2D eigenvalue weighted by atomic mass is 32.2. The zero-order valence-corrected chi connectivity index (χ0v) is 24.7. The van der Waals surface area contributed by atoms with Gasteiger partial charge in [0.15, 0.2) is 15.9 Å². The number of thioether (sulfide) groups is 2. The largest absolute Gasteiger partial charge is 0.477 e. The number of oxime groups is 1. The molecule has 2 atom stereocenters. The van der Waals surface area contributed by atoms with Crippen LogP contribution in [0.25, 0.3) is 5.65 Å². The first-order chi connectivity index (χ1) is 20.3. The zero-order chi connectivity index (χ0) is 29.8. The summed E-state index contributed by atoms with van der Waals surface area (Å²) in [5.74, 6) is -1.38. The maximum absolute atomic E-state index is 13.2. The highest BCUT2D eigenvalue weighted by Crippen LogP contribution is 2.40. The molecule has 0 radical (unpaired) electrons. The molecule has 1 saturated heterocycles. The normalized spacial score (nSPS) is 18.5. The Morgan fingerprint density at radius 3 is 2.95 bits per heavy atom. The van der Waals surface area contributed by atoms with E-state index in [0.717, 1.165) is 22.0 Å². The second kappa shape index (κ2) is 12.8. The lowest BCUT2D eigenvalue weighted by Gasteiger charge is -2.49. The van der Waals surface area contributed by atoms with Crippen LogP contribution in [0.2, 0.25) is 0 Å². The van der Waals surface area contributed by atoms with Crippen LogP contribution in [0.15, 0.2) is 57.4 Å². The number of carbonyl (C=O) groups excluding carboxylic acids is 3. The summed E-state index contributed by atoms with van der Waals surface area (Å²) in [6.07, 6.45) is 4.41. The van der Waals surface area contributed by atoms with Crippen molar-refractivity contribution in [1.29, 1.82) is 0 Å². The van der Waals surface area contributed by atoms with E-state index in [9.17, 15) is 24.3 Å². The van der Waals surface area contributed by atoms with Crippen molar-refractivity contribution >= 4 is 75.5 Å². The predicted molar refractivity (Wildman–Crippen MR) is 157 cm³/mol. The number of fused-ring (bicyclic) bond motifs is 2. The summed E-state index contributed by atoms with van der Waals surface area (Å²) in [5.41, 5.74) is 7.13. The van der Waals surface area contributed by atoms with E-state index >= 15 is 0 Å². The van der Waals surface area contributed by atoms with Gasteiger partial charge in [0.2, 0.25) is 6.41 Å². The number of anilines is 1. The topological polar surface area (TPSA) is 185 Å². The van der Waals surface area contributed by atoms with E-state index in [-0.39, 0.29) is 35.4 Å². The SMILES string of the molecule is CCO/N=C(\C(=O)N[C@@H]1C(=O)N2C(C(=O)O)=C(C[n+]3ccn4c(SCCNC=O)cccc43)CS[C@@H]12)c1csc(N)n1. The van der Waals surface area contributed by atoms with E-state index in [1.54, 1.807) is 24.1 Å². The van der Waals surface area contributed by atoms with Crippen molar-refractivity contribution < 1.29 is 33.7 Å². The van der Waals surface area contributed by atoms with Gasteiger partial charge in [-0.2, -0.15) is 4.40 Å². The molecule has 0 bridgehead atoms. The van der Waals surface area contributed by atoms with E-state index in [1.807, 2.05) is 39.6 Å². The first-order valence-electron chi connectivity index (χ1n) is 12.8. The van der Waals surface area contributed by atoms with E-state index < -0.39 is 29.2 Å². The number of thiazole rings is 1. The average molecular weight is 632 g/mol. The van der Waals surface area contributed by atoms with Gasteiger partial charge in [-0.15, -0.1) is 23.1 Å². The first-order valence-corrected chi connectivity index (χ1v) is 15.7. The number of hydrogen-bond donors (Lipinski definition) is 4. The number of aromatic nitrogens is 3. The molecule has 0 aromatic carbocycles. The lowest BCUT2D eigenvalue weighted by atomic mass is 10.0. The number of imidazole rings is 1. The minimum Gasteiger partial charge on any atom is -0.477 e. The van der Waals surface area contributed by atoms with Crippen LogP contribution < -0.4 is 20.9 Å². The number of nitrogens with zero attached hydrogens (tertiary/aromatic N) is 5. The molecule has 17 heteroatoms. The molecule has 1 fully saturated rings. The molecule has 0 spiro atoms. The number of hydrogen-bond acceptors (Lipinski definition) is 11. The number of rotatable bonds is 13. The molecule has 14 nitrogen and oxygen atoms in total. The van der Waals surface area contributed by atoms with Crippen LogP contribution in [0, 0.1) is 0 Å². The van der Waals surface area contributed by atoms with Crippen molar-refractivity contribution in [3.05, 3.63) is 52.9 Å². The lowest BCUT2D eigenvalue weighted by Crippen LogP contribution is -2.71. The van der Waals surface area contributed by atoms with Crippen molar-refractivity contribution in [3.63, 3.8) is 0 Å². The van der Waals surface area contributed by atoms with Gasteiger partial charge in [-0.1, -0.05) is 16.9 Å². The van der Waals surface area contributed by atoms with Gasteiger partial charge < -0.3 is 26.3 Å². The Labute approximate surface area is 252 Å². The fourth-order valence-corrected chi connectivity index (χ4v) is 7.35. The predicted octanol–water partition coefficient (Wildman–Crippen LogP) is 0.283. The Morgan fingerprint density at radius 2 is 2.24 bits per heavy atom. The smallest absolute Gasteiger partial charge is 0.352 e. The van der Waals surface area contributed by atoms with E-state index in [2.05, 4.69) is 20.8 Å². The number of carbonyl (C=O) groups is 4. The van der Waals surface area contributed by atoms with Crippen molar-refractivity contribution in [2.45, 2.75) is 29.9 Å². The minimum atomic E-state index is -1.21. The van der Waals surface area contributed by atoms with Crippen molar-refractivity contribution in [2.75, 3.05) is 30.4 Å². The molecule has 5 N–H and O–H groups in total. The molecule has 2 aliphatic heterocycles. The number of amides is 3. The molecule has 42 heavy (non-hydrogen) atoms. The number of nitrogens with one attached hydrogen (secondary N) is 2. The number of nitrogens with two attached hydrogens (primary N) is 1. The number of nitrogen functional groups attached to an aromatic ring is 1. The van der Waals surface area contributed by atoms with Crippen molar-refractivity contribution in [2.24, 2.45) is 5.16 Å². The molecule has 2 aliphatic rings. The van der Waals surface area contributed by atoms with E-state index in [0.29, 0.717) is 30.0 Å². The first kappa shape index (κ1) is 29.4. The third kappa shape index (κ3) is 5.79. The Kier molecular flexibility index (Phi) is 8.98. The number of carboxylic acid groups (broad SMARTS) is 1.